The zero-order valence-corrected chi connectivity index (χ0v) is 17.1. The van der Waals surface area contributed by atoms with Crippen molar-refractivity contribution in [3.05, 3.63) is 24.3 Å². The average molecular weight is 500 g/mol. The van der Waals surface area contributed by atoms with E-state index in [0.717, 1.165) is 25.8 Å². The summed E-state index contributed by atoms with van der Waals surface area (Å²) in [6.07, 6.45) is -0.328. The van der Waals surface area contributed by atoms with Gasteiger partial charge in [-0.15, -0.1) is 37.1 Å². The predicted octanol–water partition coefficient (Wildman–Crippen LogP) is 3.72. The molecule has 0 bridgehead atoms. The minimum Gasteiger partial charge on any atom is -0.406 e. The molecule has 1 aliphatic rings. The fourth-order valence-electron chi connectivity index (χ4n) is 2.66. The smallest absolute Gasteiger partial charge is 0.406 e. The number of benzene rings is 1. The second-order valence-electron chi connectivity index (χ2n) is 6.01. The van der Waals surface area contributed by atoms with Crippen molar-refractivity contribution in [2.45, 2.75) is 38.5 Å². The van der Waals surface area contributed by atoms with Crippen LogP contribution in [-0.2, 0) is 4.79 Å². The molecule has 6 nitrogen and oxygen atoms in total. The predicted molar refractivity (Wildman–Crippen MR) is 108 cm³/mol. The van der Waals surface area contributed by atoms with E-state index in [0.29, 0.717) is 31.6 Å². The van der Waals surface area contributed by atoms with Crippen molar-refractivity contribution in [2.24, 2.45) is 10.7 Å². The minimum absolute atomic E-state index is 0. The van der Waals surface area contributed by atoms with Crippen LogP contribution >= 0.6 is 24.0 Å². The Balaban J connectivity index is 0.00000364. The maximum absolute atomic E-state index is 12.1. The number of carbonyl (C=O) groups excluding carboxylic acids is 1. The third-order valence-electron chi connectivity index (χ3n) is 3.90. The van der Waals surface area contributed by atoms with Crippen LogP contribution in [0.4, 0.5) is 18.9 Å². The van der Waals surface area contributed by atoms with E-state index in [-0.39, 0.29) is 41.6 Å². The van der Waals surface area contributed by atoms with Crippen molar-refractivity contribution in [3.8, 4) is 5.75 Å². The number of alkyl halides is 3. The highest BCUT2D eigenvalue weighted by atomic mass is 127. The molecule has 1 fully saturated rings. The van der Waals surface area contributed by atoms with E-state index >= 15 is 0 Å². The second-order valence-corrected chi connectivity index (χ2v) is 6.01. The summed E-state index contributed by atoms with van der Waals surface area (Å²) in [5, 5.41) is 2.80. The summed E-state index contributed by atoms with van der Waals surface area (Å²) in [7, 11) is 0. The van der Waals surface area contributed by atoms with Crippen molar-refractivity contribution in [1.82, 2.24) is 4.90 Å². The summed E-state index contributed by atoms with van der Waals surface area (Å²) in [4.78, 5) is 17.9. The first-order valence-corrected chi connectivity index (χ1v) is 8.54. The number of hydrogen-bond donors (Lipinski definition) is 2. The molecule has 27 heavy (non-hydrogen) atoms. The van der Waals surface area contributed by atoms with Gasteiger partial charge in [0.05, 0.1) is 0 Å². The van der Waals surface area contributed by atoms with E-state index in [9.17, 15) is 18.0 Å². The molecule has 1 heterocycles. The first-order chi connectivity index (χ1) is 12.3. The van der Waals surface area contributed by atoms with Crippen LogP contribution in [0.5, 0.6) is 5.75 Å². The number of hydrogen-bond acceptors (Lipinski definition) is 3. The van der Waals surface area contributed by atoms with Crippen LogP contribution in [0, 0.1) is 0 Å². The number of likely N-dealkylation sites (tertiary alicyclic amines) is 1. The van der Waals surface area contributed by atoms with Gasteiger partial charge in [0.2, 0.25) is 5.91 Å². The van der Waals surface area contributed by atoms with E-state index in [1.165, 1.54) is 24.3 Å². The van der Waals surface area contributed by atoms with Crippen LogP contribution in [0.15, 0.2) is 29.3 Å². The molecule has 0 unspecified atom stereocenters. The Bertz CT molecular complexity index is 624. The van der Waals surface area contributed by atoms with Gasteiger partial charge in [-0.3, -0.25) is 9.79 Å². The van der Waals surface area contributed by atoms with E-state index in [1.54, 1.807) is 0 Å². The van der Waals surface area contributed by atoms with Gasteiger partial charge in [-0.05, 0) is 43.5 Å². The molecule has 10 heteroatoms. The first-order valence-electron chi connectivity index (χ1n) is 8.54. The normalized spacial score (nSPS) is 15.7. The van der Waals surface area contributed by atoms with Gasteiger partial charge in [-0.2, -0.15) is 0 Å². The number of carbonyl (C=O) groups is 1. The monoisotopic (exact) mass is 500 g/mol. The molecule has 1 saturated heterocycles. The largest absolute Gasteiger partial charge is 0.573 e. The molecule has 1 amide bonds. The van der Waals surface area contributed by atoms with Crippen molar-refractivity contribution in [2.75, 3.05) is 25.0 Å². The topological polar surface area (TPSA) is 80.0 Å². The van der Waals surface area contributed by atoms with Crippen LogP contribution in [0.1, 0.15) is 32.1 Å². The lowest BCUT2D eigenvalue weighted by molar-refractivity contribution is -0.274. The van der Waals surface area contributed by atoms with Gasteiger partial charge in [-0.1, -0.05) is 6.42 Å². The van der Waals surface area contributed by atoms with E-state index in [2.05, 4.69) is 15.0 Å². The van der Waals surface area contributed by atoms with Crippen LogP contribution in [0.2, 0.25) is 0 Å². The molecule has 152 valence electrons. The second kappa shape index (κ2) is 11.2. The summed E-state index contributed by atoms with van der Waals surface area (Å²) < 4.78 is 40.1. The minimum atomic E-state index is -4.72. The van der Waals surface area contributed by atoms with Crippen molar-refractivity contribution in [1.29, 1.82) is 0 Å². The fraction of sp³-hybridized carbons (Fsp3) is 0.529. The van der Waals surface area contributed by atoms with Crippen molar-refractivity contribution in [3.63, 3.8) is 0 Å². The van der Waals surface area contributed by atoms with E-state index < -0.39 is 6.36 Å². The number of guanidine groups is 1. The molecule has 0 spiro atoms. The highest BCUT2D eigenvalue weighted by molar-refractivity contribution is 14.0. The third kappa shape index (κ3) is 9.16. The molecule has 0 saturated carbocycles. The van der Waals surface area contributed by atoms with Crippen LogP contribution in [0.3, 0.4) is 0 Å². The Kier molecular flexibility index (Phi) is 9.67. The van der Waals surface area contributed by atoms with Gasteiger partial charge in [0, 0.05) is 31.7 Å². The number of ether oxygens (including phenoxy) is 1. The van der Waals surface area contributed by atoms with Crippen LogP contribution in [-0.4, -0.2) is 42.8 Å². The summed E-state index contributed by atoms with van der Waals surface area (Å²) in [5.74, 6) is 0.0519. The Hall–Kier alpha value is -1.72. The van der Waals surface area contributed by atoms with Crippen molar-refractivity contribution >= 4 is 41.5 Å². The number of nitrogens with two attached hydrogens (primary N) is 1. The molecule has 0 aromatic heterocycles. The first kappa shape index (κ1) is 23.3. The lowest BCUT2D eigenvalue weighted by Gasteiger charge is -2.19. The number of nitrogens with zero attached hydrogens (tertiary/aromatic N) is 2. The Morgan fingerprint density at radius 3 is 2.59 bits per heavy atom. The number of nitrogens with one attached hydrogen (secondary N) is 1. The molecule has 3 N–H and O–H groups in total. The molecule has 0 radical (unpaired) electrons. The fourth-order valence-corrected chi connectivity index (χ4v) is 2.66. The summed E-state index contributed by atoms with van der Waals surface area (Å²) in [6.45, 7) is 1.90. The number of aliphatic imine (C=N–C) groups is 1. The molecular weight excluding hydrogens is 476 g/mol. The Morgan fingerprint density at radius 2 is 1.93 bits per heavy atom. The molecular formula is C17H24F3IN4O2. The lowest BCUT2D eigenvalue weighted by Crippen LogP contribution is -2.31. The summed E-state index contributed by atoms with van der Waals surface area (Å²) in [6, 6.07) is 5.21. The van der Waals surface area contributed by atoms with Gasteiger partial charge < -0.3 is 20.7 Å². The van der Waals surface area contributed by atoms with Gasteiger partial charge in [0.15, 0.2) is 5.96 Å². The maximum atomic E-state index is 12.1. The van der Waals surface area contributed by atoms with Crippen molar-refractivity contribution < 1.29 is 22.7 Å². The highest BCUT2D eigenvalue weighted by Crippen LogP contribution is 2.23. The molecule has 1 aliphatic heterocycles. The van der Waals surface area contributed by atoms with E-state index in [1.807, 2.05) is 4.90 Å². The summed E-state index contributed by atoms with van der Waals surface area (Å²) in [5.41, 5.74) is 6.27. The molecule has 0 atom stereocenters. The van der Waals surface area contributed by atoms with Crippen LogP contribution in [0.25, 0.3) is 0 Å². The van der Waals surface area contributed by atoms with Crippen LogP contribution < -0.4 is 15.8 Å². The van der Waals surface area contributed by atoms with E-state index in [4.69, 9.17) is 5.73 Å². The zero-order valence-electron chi connectivity index (χ0n) is 14.8. The lowest BCUT2D eigenvalue weighted by atomic mass is 10.2. The Labute approximate surface area is 173 Å². The van der Waals surface area contributed by atoms with Gasteiger partial charge >= 0.3 is 6.36 Å². The molecule has 1 aromatic carbocycles. The number of rotatable bonds is 6. The number of halogens is 4. The molecule has 1 aromatic rings. The Morgan fingerprint density at radius 1 is 1.22 bits per heavy atom. The highest BCUT2D eigenvalue weighted by Gasteiger charge is 2.30. The SMILES string of the molecule is I.NC(=NCCCN1CCCCCC1=O)Nc1ccc(OC(F)(F)F)cc1. The molecule has 0 aliphatic carbocycles. The van der Waals surface area contributed by atoms with Gasteiger partial charge in [0.25, 0.3) is 0 Å². The standard InChI is InChI=1S/C17H23F3N4O2.HI/c18-17(19,20)26-14-8-6-13(7-9-14)23-16(21)22-10-4-12-24-11-3-1-2-5-15(24)25;/h6-9H,1-5,10-12H2,(H3,21,22,23);1H. The number of anilines is 1. The number of amides is 1. The quantitative estimate of drug-likeness (QED) is 0.270. The third-order valence-corrected chi connectivity index (χ3v) is 3.90. The summed E-state index contributed by atoms with van der Waals surface area (Å²) >= 11 is 0. The molecule has 2 rings (SSSR count). The zero-order chi connectivity index (χ0) is 19.0. The van der Waals surface area contributed by atoms with Gasteiger partial charge in [0.1, 0.15) is 5.75 Å². The van der Waals surface area contributed by atoms with Gasteiger partial charge in [-0.25, -0.2) is 0 Å². The maximum Gasteiger partial charge on any atom is 0.573 e. The average Bonchev–Trinajstić information content (AvgIpc) is 2.77.